The van der Waals surface area contributed by atoms with Gasteiger partial charge in [-0.05, 0) is 25.7 Å². The van der Waals surface area contributed by atoms with Gasteiger partial charge in [0, 0.05) is 25.7 Å². The van der Waals surface area contributed by atoms with Crippen LogP contribution in [0.25, 0.3) is 0 Å². The molecule has 0 aliphatic carbocycles. The van der Waals surface area contributed by atoms with Gasteiger partial charge in [-0.1, -0.05) is 355 Å². The Morgan fingerprint density at radius 2 is 0.421 bits per heavy atom. The molecular formula is C76H148O17P2. The minimum atomic E-state index is -4.96. The number of carbonyl (C=O) groups is 4. The number of rotatable bonds is 77. The van der Waals surface area contributed by atoms with E-state index in [1.54, 1.807) is 0 Å². The third-order valence-corrected chi connectivity index (χ3v) is 19.8. The summed E-state index contributed by atoms with van der Waals surface area (Å²) in [5, 5.41) is 10.6. The zero-order valence-electron chi connectivity index (χ0n) is 61.6. The Labute approximate surface area is 581 Å². The van der Waals surface area contributed by atoms with Gasteiger partial charge in [-0.3, -0.25) is 37.3 Å². The maximum Gasteiger partial charge on any atom is 0.472 e. The lowest BCUT2D eigenvalue weighted by atomic mass is 10.0. The SMILES string of the molecule is CCCCCCCCCCCCCCCCCCCCC(=O)O[C@H](COC(=O)CCCCCCCCCCCCCCCCCCC)COP(=O)(O)OC[C@@H](O)COP(=O)(O)OC[C@@H](COC(=O)CCCCCCCCC)OC(=O)CCCCCCCCCCCCCCC. The molecule has 19 heteroatoms. The van der Waals surface area contributed by atoms with Crippen molar-refractivity contribution in [3.8, 4) is 0 Å². The summed E-state index contributed by atoms with van der Waals surface area (Å²) in [6.07, 6.45) is 61.1. The molecular weight excluding hydrogens is 1250 g/mol. The average Bonchev–Trinajstić information content (AvgIpc) is 3.30. The fourth-order valence-electron chi connectivity index (χ4n) is 11.8. The first-order valence-electron chi connectivity index (χ1n) is 39.8. The van der Waals surface area contributed by atoms with E-state index in [-0.39, 0.29) is 25.7 Å². The van der Waals surface area contributed by atoms with E-state index in [2.05, 4.69) is 27.7 Å². The summed E-state index contributed by atoms with van der Waals surface area (Å²) >= 11 is 0. The van der Waals surface area contributed by atoms with Crippen molar-refractivity contribution < 1.29 is 80.2 Å². The number of phosphoric acid groups is 2. The number of ether oxygens (including phenoxy) is 4. The molecule has 0 saturated heterocycles. The molecule has 0 spiro atoms. The number of hydrogen-bond acceptors (Lipinski definition) is 15. The molecule has 95 heavy (non-hydrogen) atoms. The summed E-state index contributed by atoms with van der Waals surface area (Å²) in [7, 11) is -9.90. The van der Waals surface area contributed by atoms with Crippen LogP contribution in [0.3, 0.4) is 0 Å². The highest BCUT2D eigenvalue weighted by atomic mass is 31.2. The second kappa shape index (κ2) is 70.5. The van der Waals surface area contributed by atoms with E-state index in [1.165, 1.54) is 225 Å². The topological polar surface area (TPSA) is 237 Å². The van der Waals surface area contributed by atoms with Gasteiger partial charge in [0.15, 0.2) is 12.2 Å². The highest BCUT2D eigenvalue weighted by Crippen LogP contribution is 2.45. The lowest BCUT2D eigenvalue weighted by Gasteiger charge is -2.21. The van der Waals surface area contributed by atoms with E-state index >= 15 is 0 Å². The van der Waals surface area contributed by atoms with Crippen LogP contribution in [-0.4, -0.2) is 96.7 Å². The molecule has 0 bridgehead atoms. The molecule has 0 fully saturated rings. The van der Waals surface area contributed by atoms with Crippen LogP contribution < -0.4 is 0 Å². The number of esters is 4. The van der Waals surface area contributed by atoms with E-state index in [0.29, 0.717) is 25.7 Å². The second-order valence-corrected chi connectivity index (χ2v) is 30.3. The zero-order valence-corrected chi connectivity index (χ0v) is 63.4. The molecule has 0 aliphatic rings. The van der Waals surface area contributed by atoms with E-state index < -0.39 is 97.5 Å². The minimum absolute atomic E-state index is 0.108. The lowest BCUT2D eigenvalue weighted by Crippen LogP contribution is -2.30. The maximum absolute atomic E-state index is 13.1. The summed E-state index contributed by atoms with van der Waals surface area (Å²) in [5.74, 6) is -2.11. The molecule has 0 aromatic carbocycles. The zero-order chi connectivity index (χ0) is 69.7. The maximum atomic E-state index is 13.1. The van der Waals surface area contributed by atoms with Crippen LogP contribution in [-0.2, 0) is 65.4 Å². The first-order valence-corrected chi connectivity index (χ1v) is 42.8. The molecule has 0 rings (SSSR count). The van der Waals surface area contributed by atoms with Gasteiger partial charge in [-0.2, -0.15) is 0 Å². The van der Waals surface area contributed by atoms with E-state index in [4.69, 9.17) is 37.0 Å². The fraction of sp³-hybridized carbons (Fsp3) is 0.947. The van der Waals surface area contributed by atoms with Gasteiger partial charge in [0.25, 0.3) is 0 Å². The third kappa shape index (κ3) is 70.3. The van der Waals surface area contributed by atoms with Crippen molar-refractivity contribution in [2.45, 2.75) is 425 Å². The first-order chi connectivity index (χ1) is 46.2. The molecule has 17 nitrogen and oxygen atoms in total. The number of unbranched alkanes of at least 4 members (excludes halogenated alkanes) is 51. The van der Waals surface area contributed by atoms with Gasteiger partial charge in [0.05, 0.1) is 26.4 Å². The molecule has 0 aromatic heterocycles. The second-order valence-electron chi connectivity index (χ2n) is 27.4. The van der Waals surface area contributed by atoms with Crippen molar-refractivity contribution >= 4 is 39.5 Å². The average molecular weight is 1400 g/mol. The van der Waals surface area contributed by atoms with Crippen molar-refractivity contribution in [3.05, 3.63) is 0 Å². The Hall–Kier alpha value is -1.94. The largest absolute Gasteiger partial charge is 0.472 e. The van der Waals surface area contributed by atoms with Gasteiger partial charge < -0.3 is 33.8 Å². The number of aliphatic hydroxyl groups excluding tert-OH is 1. The fourth-order valence-corrected chi connectivity index (χ4v) is 13.3. The lowest BCUT2D eigenvalue weighted by molar-refractivity contribution is -0.161. The quantitative estimate of drug-likeness (QED) is 0.0222. The van der Waals surface area contributed by atoms with E-state index in [9.17, 15) is 43.2 Å². The molecule has 3 N–H and O–H groups in total. The highest BCUT2D eigenvalue weighted by Gasteiger charge is 2.30. The Kier molecular flexibility index (Phi) is 69.1. The first kappa shape index (κ1) is 93.1. The molecule has 0 amide bonds. The van der Waals surface area contributed by atoms with Crippen molar-refractivity contribution in [3.63, 3.8) is 0 Å². The standard InChI is InChI=1S/C76H148O17P2/c1-5-9-13-17-21-24-27-30-32-34-36-38-41-44-47-51-55-59-63-76(81)93-72(67-87-74(79)61-57-53-49-45-42-40-37-35-33-31-28-25-22-18-14-10-6-2)69-91-95(84,85)89-65-70(77)64-88-94(82,83)90-68-71(66-86-73(78)60-56-52-48-20-16-12-8-4)92-75(80)62-58-54-50-46-43-39-29-26-23-19-15-11-7-3/h70-72,77H,5-69H2,1-4H3,(H,82,83)(H,84,85)/t70-,71+,72+/m0/s1. The monoisotopic (exact) mass is 1400 g/mol. The molecule has 5 atom stereocenters. The highest BCUT2D eigenvalue weighted by molar-refractivity contribution is 7.47. The Bertz CT molecular complexity index is 1810. The minimum Gasteiger partial charge on any atom is -0.462 e. The van der Waals surface area contributed by atoms with Crippen molar-refractivity contribution in [1.29, 1.82) is 0 Å². The van der Waals surface area contributed by atoms with Crippen LogP contribution in [0.5, 0.6) is 0 Å². The molecule has 2 unspecified atom stereocenters. The number of hydrogen-bond donors (Lipinski definition) is 3. The predicted octanol–water partition coefficient (Wildman–Crippen LogP) is 22.6. The molecule has 564 valence electrons. The Balaban J connectivity index is 5.18. The number of carbonyl (C=O) groups excluding carboxylic acids is 4. The molecule has 0 radical (unpaired) electrons. The smallest absolute Gasteiger partial charge is 0.462 e. The van der Waals surface area contributed by atoms with E-state index in [0.717, 1.165) is 103 Å². The van der Waals surface area contributed by atoms with Crippen molar-refractivity contribution in [2.75, 3.05) is 39.6 Å². The molecule has 0 heterocycles. The Morgan fingerprint density at radius 1 is 0.253 bits per heavy atom. The summed E-state index contributed by atoms with van der Waals surface area (Å²) in [6, 6.07) is 0. The van der Waals surface area contributed by atoms with Gasteiger partial charge in [0.2, 0.25) is 0 Å². The predicted molar refractivity (Wildman–Crippen MR) is 386 cm³/mol. The summed E-state index contributed by atoms with van der Waals surface area (Å²) in [5.41, 5.74) is 0. The van der Waals surface area contributed by atoms with Crippen LogP contribution in [0, 0.1) is 0 Å². The van der Waals surface area contributed by atoms with Crippen LogP contribution in [0.1, 0.15) is 407 Å². The van der Waals surface area contributed by atoms with Gasteiger partial charge in [-0.25, -0.2) is 9.13 Å². The Morgan fingerprint density at radius 3 is 0.621 bits per heavy atom. The summed E-state index contributed by atoms with van der Waals surface area (Å²) < 4.78 is 68.4. The third-order valence-electron chi connectivity index (χ3n) is 17.9. The van der Waals surface area contributed by atoms with Crippen LogP contribution in [0.15, 0.2) is 0 Å². The molecule has 0 aromatic rings. The molecule has 0 saturated carbocycles. The normalized spacial score (nSPS) is 13.9. The van der Waals surface area contributed by atoms with Gasteiger partial charge in [-0.15, -0.1) is 0 Å². The molecule has 0 aliphatic heterocycles. The number of aliphatic hydroxyl groups is 1. The van der Waals surface area contributed by atoms with Crippen molar-refractivity contribution in [1.82, 2.24) is 0 Å². The van der Waals surface area contributed by atoms with E-state index in [1.807, 2.05) is 0 Å². The number of phosphoric ester groups is 2. The van der Waals surface area contributed by atoms with Crippen molar-refractivity contribution in [2.24, 2.45) is 0 Å². The van der Waals surface area contributed by atoms with Crippen LogP contribution >= 0.6 is 15.6 Å². The van der Waals surface area contributed by atoms with Crippen LogP contribution in [0.2, 0.25) is 0 Å². The summed E-state index contributed by atoms with van der Waals surface area (Å²) in [4.78, 5) is 72.7. The van der Waals surface area contributed by atoms with Crippen LogP contribution in [0.4, 0.5) is 0 Å². The van der Waals surface area contributed by atoms with Gasteiger partial charge >= 0.3 is 39.5 Å². The van der Waals surface area contributed by atoms with Gasteiger partial charge in [0.1, 0.15) is 19.3 Å². The summed E-state index contributed by atoms with van der Waals surface area (Å²) in [6.45, 7) is 4.96.